The van der Waals surface area contributed by atoms with Crippen LogP contribution in [0.4, 0.5) is 11.4 Å². The fourth-order valence-corrected chi connectivity index (χ4v) is 2.73. The van der Waals surface area contributed by atoms with Crippen molar-refractivity contribution in [3.05, 3.63) is 40.6 Å². The number of nitro benzene ring substituents is 1. The minimum absolute atomic E-state index is 0.0718. The van der Waals surface area contributed by atoms with Crippen molar-refractivity contribution in [1.82, 2.24) is 9.78 Å². The second kappa shape index (κ2) is 4.96. The van der Waals surface area contributed by atoms with E-state index in [4.69, 9.17) is 5.73 Å². The predicted molar refractivity (Wildman–Crippen MR) is 76.2 cm³/mol. The first-order valence-corrected chi connectivity index (χ1v) is 6.74. The summed E-state index contributed by atoms with van der Waals surface area (Å²) in [6.07, 6.45) is 6.61. The van der Waals surface area contributed by atoms with E-state index in [-0.39, 0.29) is 5.69 Å². The van der Waals surface area contributed by atoms with Gasteiger partial charge < -0.3 is 5.73 Å². The van der Waals surface area contributed by atoms with Crippen LogP contribution in [0.25, 0.3) is 11.3 Å². The number of non-ortho nitro benzene ring substituents is 1. The predicted octanol–water partition coefficient (Wildman–Crippen LogP) is 3.16. The van der Waals surface area contributed by atoms with Crippen molar-refractivity contribution < 1.29 is 4.92 Å². The average Bonchev–Trinajstić information content (AvgIpc) is 3.08. The summed E-state index contributed by atoms with van der Waals surface area (Å²) in [4.78, 5) is 10.2. The van der Waals surface area contributed by atoms with Gasteiger partial charge in [-0.3, -0.25) is 14.8 Å². The van der Waals surface area contributed by atoms with Crippen LogP contribution in [0.1, 0.15) is 31.7 Å². The third-order valence-corrected chi connectivity index (χ3v) is 3.81. The number of nitro groups is 1. The Morgan fingerprint density at radius 2 is 1.90 bits per heavy atom. The number of hydrogen-bond acceptors (Lipinski definition) is 4. The lowest BCUT2D eigenvalue weighted by molar-refractivity contribution is -0.384. The second-order valence-corrected chi connectivity index (χ2v) is 5.16. The van der Waals surface area contributed by atoms with Gasteiger partial charge in [0.15, 0.2) is 0 Å². The maximum atomic E-state index is 10.7. The van der Waals surface area contributed by atoms with E-state index < -0.39 is 4.92 Å². The van der Waals surface area contributed by atoms with E-state index in [0.29, 0.717) is 17.4 Å². The SMILES string of the molecule is Nc1cn(C2CCCC2)nc1-c1ccc([N+](=O)[O-])cc1. The van der Waals surface area contributed by atoms with E-state index in [9.17, 15) is 10.1 Å². The first-order chi connectivity index (χ1) is 9.65. The van der Waals surface area contributed by atoms with Crippen molar-refractivity contribution in [3.63, 3.8) is 0 Å². The molecule has 20 heavy (non-hydrogen) atoms. The van der Waals surface area contributed by atoms with Crippen molar-refractivity contribution in [2.24, 2.45) is 0 Å². The number of hydrogen-bond donors (Lipinski definition) is 1. The smallest absolute Gasteiger partial charge is 0.269 e. The highest BCUT2D eigenvalue weighted by Crippen LogP contribution is 2.32. The minimum atomic E-state index is -0.412. The topological polar surface area (TPSA) is 87.0 Å². The lowest BCUT2D eigenvalue weighted by atomic mass is 10.1. The van der Waals surface area contributed by atoms with Gasteiger partial charge in [-0.1, -0.05) is 12.8 Å². The number of nitrogens with zero attached hydrogens (tertiary/aromatic N) is 3. The summed E-state index contributed by atoms with van der Waals surface area (Å²) in [6.45, 7) is 0. The molecule has 1 aromatic carbocycles. The molecule has 0 saturated heterocycles. The molecule has 3 rings (SSSR count). The summed E-state index contributed by atoms with van der Waals surface area (Å²) >= 11 is 0. The molecule has 0 radical (unpaired) electrons. The zero-order valence-corrected chi connectivity index (χ0v) is 11.0. The van der Waals surface area contributed by atoms with Gasteiger partial charge in [-0.2, -0.15) is 5.10 Å². The maximum absolute atomic E-state index is 10.7. The van der Waals surface area contributed by atoms with E-state index in [1.165, 1.54) is 25.0 Å². The summed E-state index contributed by atoms with van der Waals surface area (Å²) in [7, 11) is 0. The zero-order valence-electron chi connectivity index (χ0n) is 11.0. The molecular weight excluding hydrogens is 256 g/mol. The van der Waals surface area contributed by atoms with Crippen LogP contribution in [0.5, 0.6) is 0 Å². The van der Waals surface area contributed by atoms with Crippen molar-refractivity contribution in [3.8, 4) is 11.3 Å². The minimum Gasteiger partial charge on any atom is -0.396 e. The third kappa shape index (κ3) is 2.24. The standard InChI is InChI=1S/C14H16N4O2/c15-13-9-17(11-3-1-2-4-11)16-14(13)10-5-7-12(8-6-10)18(19)20/h5-9,11H,1-4,15H2. The van der Waals surface area contributed by atoms with E-state index in [0.717, 1.165) is 18.4 Å². The summed E-state index contributed by atoms with van der Waals surface area (Å²) in [5, 5.41) is 15.2. The fraction of sp³-hybridized carbons (Fsp3) is 0.357. The number of nitrogen functional groups attached to an aromatic ring is 1. The van der Waals surface area contributed by atoms with Crippen molar-refractivity contribution in [2.75, 3.05) is 5.73 Å². The Morgan fingerprint density at radius 1 is 1.25 bits per heavy atom. The van der Waals surface area contributed by atoms with Gasteiger partial charge in [0.1, 0.15) is 5.69 Å². The molecular formula is C14H16N4O2. The summed E-state index contributed by atoms with van der Waals surface area (Å²) in [5.74, 6) is 0. The molecule has 2 N–H and O–H groups in total. The average molecular weight is 272 g/mol. The summed E-state index contributed by atoms with van der Waals surface area (Å²) in [5.41, 5.74) is 8.22. The zero-order chi connectivity index (χ0) is 14.1. The first kappa shape index (κ1) is 12.7. The Morgan fingerprint density at radius 3 is 2.50 bits per heavy atom. The summed E-state index contributed by atoms with van der Waals surface area (Å²) in [6, 6.07) is 6.77. The molecule has 1 aliphatic rings. The van der Waals surface area contributed by atoms with Crippen LogP contribution in [-0.4, -0.2) is 14.7 Å². The highest BCUT2D eigenvalue weighted by molar-refractivity contribution is 5.72. The van der Waals surface area contributed by atoms with E-state index in [1.54, 1.807) is 12.1 Å². The van der Waals surface area contributed by atoms with E-state index in [2.05, 4.69) is 5.10 Å². The highest BCUT2D eigenvalue weighted by Gasteiger charge is 2.20. The molecule has 1 aromatic heterocycles. The van der Waals surface area contributed by atoms with E-state index >= 15 is 0 Å². The quantitative estimate of drug-likeness (QED) is 0.686. The van der Waals surface area contributed by atoms with Crippen LogP contribution in [0.3, 0.4) is 0 Å². The number of nitrogens with two attached hydrogens (primary N) is 1. The lowest BCUT2D eigenvalue weighted by Crippen LogP contribution is -2.04. The molecule has 104 valence electrons. The Bertz CT molecular complexity index is 627. The van der Waals surface area contributed by atoms with Gasteiger partial charge in [0, 0.05) is 23.9 Å². The number of anilines is 1. The van der Waals surface area contributed by atoms with Crippen LogP contribution in [-0.2, 0) is 0 Å². The highest BCUT2D eigenvalue weighted by atomic mass is 16.6. The van der Waals surface area contributed by atoms with Crippen LogP contribution >= 0.6 is 0 Å². The molecule has 0 spiro atoms. The molecule has 1 aliphatic carbocycles. The molecule has 0 unspecified atom stereocenters. The molecule has 0 bridgehead atoms. The summed E-state index contributed by atoms with van der Waals surface area (Å²) < 4.78 is 1.94. The fourth-order valence-electron chi connectivity index (χ4n) is 2.73. The molecule has 6 heteroatoms. The Labute approximate surface area is 116 Å². The number of aromatic nitrogens is 2. The van der Waals surface area contributed by atoms with Crippen LogP contribution in [0, 0.1) is 10.1 Å². The van der Waals surface area contributed by atoms with Gasteiger partial charge in [-0.05, 0) is 25.0 Å². The maximum Gasteiger partial charge on any atom is 0.269 e. The molecule has 2 aromatic rings. The largest absolute Gasteiger partial charge is 0.396 e. The van der Waals surface area contributed by atoms with Gasteiger partial charge in [-0.25, -0.2) is 0 Å². The van der Waals surface area contributed by atoms with Crippen LogP contribution in [0.2, 0.25) is 0 Å². The molecule has 1 fully saturated rings. The lowest BCUT2D eigenvalue weighted by Gasteiger charge is -2.08. The molecule has 6 nitrogen and oxygen atoms in total. The molecule has 0 atom stereocenters. The van der Waals surface area contributed by atoms with Gasteiger partial charge in [0.2, 0.25) is 0 Å². The van der Waals surface area contributed by atoms with Crippen molar-refractivity contribution in [1.29, 1.82) is 0 Å². The Hall–Kier alpha value is -2.37. The second-order valence-electron chi connectivity index (χ2n) is 5.16. The molecule has 1 saturated carbocycles. The van der Waals surface area contributed by atoms with Gasteiger partial charge in [0.05, 0.1) is 16.7 Å². The normalized spacial score (nSPS) is 15.6. The Balaban J connectivity index is 1.91. The van der Waals surface area contributed by atoms with Gasteiger partial charge in [-0.15, -0.1) is 0 Å². The van der Waals surface area contributed by atoms with Gasteiger partial charge in [0.25, 0.3) is 5.69 Å². The number of rotatable bonds is 3. The third-order valence-electron chi connectivity index (χ3n) is 3.81. The van der Waals surface area contributed by atoms with Crippen LogP contribution in [0.15, 0.2) is 30.5 Å². The van der Waals surface area contributed by atoms with Crippen molar-refractivity contribution in [2.45, 2.75) is 31.7 Å². The van der Waals surface area contributed by atoms with Gasteiger partial charge >= 0.3 is 0 Å². The first-order valence-electron chi connectivity index (χ1n) is 6.74. The molecule has 0 amide bonds. The Kier molecular flexibility index (Phi) is 3.14. The number of benzene rings is 1. The molecule has 1 heterocycles. The monoisotopic (exact) mass is 272 g/mol. The van der Waals surface area contributed by atoms with Crippen molar-refractivity contribution >= 4 is 11.4 Å². The molecule has 0 aliphatic heterocycles. The van der Waals surface area contributed by atoms with Crippen LogP contribution < -0.4 is 5.73 Å². The van der Waals surface area contributed by atoms with E-state index in [1.807, 2.05) is 10.9 Å².